The highest BCUT2D eigenvalue weighted by molar-refractivity contribution is 6.07. The van der Waals surface area contributed by atoms with Crippen molar-refractivity contribution in [2.45, 2.75) is 13.3 Å². The van der Waals surface area contributed by atoms with Gasteiger partial charge in [-0.3, -0.25) is 4.79 Å². The minimum atomic E-state index is -0.597. The first-order chi connectivity index (χ1) is 15.9. The lowest BCUT2D eigenvalue weighted by atomic mass is 10.1. The van der Waals surface area contributed by atoms with Crippen LogP contribution >= 0.6 is 0 Å². The molecule has 3 aromatic carbocycles. The molecule has 0 spiro atoms. The third-order valence-electron chi connectivity index (χ3n) is 4.97. The van der Waals surface area contributed by atoms with Crippen molar-refractivity contribution in [2.24, 2.45) is 5.73 Å². The predicted octanol–water partition coefficient (Wildman–Crippen LogP) is 4.71. The minimum absolute atomic E-state index is 0.0507. The van der Waals surface area contributed by atoms with E-state index in [-0.39, 0.29) is 34.2 Å². The van der Waals surface area contributed by atoms with Crippen LogP contribution in [0.4, 0.5) is 10.1 Å². The molecule has 0 aliphatic rings. The van der Waals surface area contributed by atoms with E-state index in [0.717, 1.165) is 17.5 Å². The monoisotopic (exact) mass is 454 g/mol. The Morgan fingerprint density at radius 2 is 1.61 bits per heavy atom. The van der Waals surface area contributed by atoms with Crippen LogP contribution in [0.5, 0.6) is 28.7 Å². The Kier molecular flexibility index (Phi) is 7.74. The van der Waals surface area contributed by atoms with Crippen molar-refractivity contribution in [1.82, 2.24) is 0 Å². The number of halogens is 1. The van der Waals surface area contributed by atoms with Crippen molar-refractivity contribution >= 4 is 11.6 Å². The Bertz CT molecular complexity index is 1130. The normalized spacial score (nSPS) is 10.5. The van der Waals surface area contributed by atoms with Gasteiger partial charge in [-0.15, -0.1) is 0 Å². The number of hydrogen-bond donors (Lipinski definition) is 2. The number of carbonyl (C=O) groups excluding carboxylic acids is 1. The first kappa shape index (κ1) is 23.9. The molecule has 8 heteroatoms. The summed E-state index contributed by atoms with van der Waals surface area (Å²) in [5.41, 5.74) is 7.61. The molecule has 0 heterocycles. The second kappa shape index (κ2) is 10.7. The summed E-state index contributed by atoms with van der Waals surface area (Å²) in [6, 6.07) is 13.3. The Morgan fingerprint density at radius 3 is 2.21 bits per heavy atom. The van der Waals surface area contributed by atoms with E-state index in [0.29, 0.717) is 12.3 Å². The molecular weight excluding hydrogens is 427 g/mol. The van der Waals surface area contributed by atoms with E-state index in [1.54, 1.807) is 31.2 Å². The molecule has 7 nitrogen and oxygen atoms in total. The summed E-state index contributed by atoms with van der Waals surface area (Å²) in [5, 5.41) is 2.59. The molecule has 0 fully saturated rings. The van der Waals surface area contributed by atoms with Gasteiger partial charge in [0, 0.05) is 6.07 Å². The number of rotatable bonds is 9. The van der Waals surface area contributed by atoms with Gasteiger partial charge in [-0.25, -0.2) is 4.39 Å². The largest absolute Gasteiger partial charge is 0.492 e. The van der Waals surface area contributed by atoms with E-state index < -0.39 is 11.7 Å². The second-order valence-corrected chi connectivity index (χ2v) is 7.24. The highest BCUT2D eigenvalue weighted by Crippen LogP contribution is 2.48. The number of amides is 1. The number of methoxy groups -OCH3 is 3. The Hall–Kier alpha value is -3.78. The molecule has 0 unspecified atom stereocenters. The summed E-state index contributed by atoms with van der Waals surface area (Å²) in [6.45, 7) is 2.35. The second-order valence-electron chi connectivity index (χ2n) is 7.24. The van der Waals surface area contributed by atoms with Crippen LogP contribution in [0, 0.1) is 12.7 Å². The van der Waals surface area contributed by atoms with E-state index in [9.17, 15) is 9.18 Å². The molecule has 3 N–H and O–H groups in total. The fourth-order valence-electron chi connectivity index (χ4n) is 3.37. The van der Waals surface area contributed by atoms with E-state index in [1.165, 1.54) is 33.5 Å². The van der Waals surface area contributed by atoms with Crippen LogP contribution in [0.3, 0.4) is 0 Å². The van der Waals surface area contributed by atoms with E-state index in [2.05, 4.69) is 5.32 Å². The minimum Gasteiger partial charge on any atom is -0.492 e. The maximum absolute atomic E-state index is 14.2. The van der Waals surface area contributed by atoms with Crippen molar-refractivity contribution in [3.63, 3.8) is 0 Å². The third kappa shape index (κ3) is 5.35. The zero-order valence-electron chi connectivity index (χ0n) is 19.0. The molecule has 0 aromatic heterocycles. The molecule has 1 amide bonds. The molecule has 3 rings (SSSR count). The van der Waals surface area contributed by atoms with Crippen LogP contribution < -0.4 is 30.0 Å². The van der Waals surface area contributed by atoms with Gasteiger partial charge < -0.3 is 30.0 Å². The predicted molar refractivity (Wildman–Crippen MR) is 124 cm³/mol. The quantitative estimate of drug-likeness (QED) is 0.487. The maximum Gasteiger partial charge on any atom is 0.259 e. The van der Waals surface area contributed by atoms with Gasteiger partial charge >= 0.3 is 0 Å². The number of ether oxygens (including phenoxy) is 4. The molecule has 3 aromatic rings. The number of nitrogens with two attached hydrogens (primary N) is 1. The molecule has 0 saturated heterocycles. The van der Waals surface area contributed by atoms with Crippen LogP contribution in [-0.4, -0.2) is 33.8 Å². The van der Waals surface area contributed by atoms with E-state index in [1.807, 2.05) is 12.1 Å². The summed E-state index contributed by atoms with van der Waals surface area (Å²) >= 11 is 0. The molecule has 174 valence electrons. The zero-order valence-corrected chi connectivity index (χ0v) is 19.0. The van der Waals surface area contributed by atoms with Crippen molar-refractivity contribution in [2.75, 3.05) is 33.2 Å². The maximum atomic E-state index is 14.2. The van der Waals surface area contributed by atoms with Gasteiger partial charge in [-0.1, -0.05) is 18.2 Å². The fraction of sp³-hybridized carbons (Fsp3) is 0.240. The van der Waals surface area contributed by atoms with E-state index >= 15 is 0 Å². The number of hydrogen-bond acceptors (Lipinski definition) is 6. The van der Waals surface area contributed by atoms with Crippen LogP contribution in [0.1, 0.15) is 21.5 Å². The molecule has 0 aliphatic carbocycles. The van der Waals surface area contributed by atoms with Crippen molar-refractivity contribution in [1.29, 1.82) is 0 Å². The van der Waals surface area contributed by atoms with Gasteiger partial charge in [0.05, 0.1) is 32.6 Å². The van der Waals surface area contributed by atoms with E-state index in [4.69, 9.17) is 24.7 Å². The fourth-order valence-corrected chi connectivity index (χ4v) is 3.37. The van der Waals surface area contributed by atoms with Crippen LogP contribution in [0.2, 0.25) is 0 Å². The van der Waals surface area contributed by atoms with Gasteiger partial charge in [0.25, 0.3) is 5.91 Å². The number of anilines is 1. The topological polar surface area (TPSA) is 92.0 Å². The van der Waals surface area contributed by atoms with Crippen molar-refractivity contribution in [3.05, 3.63) is 71.0 Å². The lowest BCUT2D eigenvalue weighted by Gasteiger charge is -2.19. The van der Waals surface area contributed by atoms with Crippen LogP contribution in [0.25, 0.3) is 0 Å². The van der Waals surface area contributed by atoms with Gasteiger partial charge in [0.15, 0.2) is 11.5 Å². The van der Waals surface area contributed by atoms with Crippen LogP contribution in [0.15, 0.2) is 48.5 Å². The van der Waals surface area contributed by atoms with Gasteiger partial charge in [0.1, 0.15) is 11.6 Å². The Morgan fingerprint density at radius 1 is 0.939 bits per heavy atom. The summed E-state index contributed by atoms with van der Waals surface area (Å²) in [6.07, 6.45) is 0.750. The Labute approximate surface area is 192 Å². The first-order valence-electron chi connectivity index (χ1n) is 10.3. The molecule has 0 saturated carbocycles. The summed E-state index contributed by atoms with van der Waals surface area (Å²) < 4.78 is 36.6. The van der Waals surface area contributed by atoms with Gasteiger partial charge in [0.2, 0.25) is 11.5 Å². The Balaban J connectivity index is 2.03. The molecular formula is C25H27FN2O5. The summed E-state index contributed by atoms with van der Waals surface area (Å²) in [5.74, 6) is 0.160. The number of nitrogens with one attached hydrogen (secondary N) is 1. The molecule has 0 aliphatic heterocycles. The molecule has 0 radical (unpaired) electrons. The first-order valence-corrected chi connectivity index (χ1v) is 10.3. The highest BCUT2D eigenvalue weighted by atomic mass is 19.1. The number of aryl methyl sites for hydroxylation is 1. The average Bonchev–Trinajstić information content (AvgIpc) is 2.81. The summed E-state index contributed by atoms with van der Waals surface area (Å²) in [4.78, 5) is 13.1. The van der Waals surface area contributed by atoms with Gasteiger partial charge in [-0.05, 0) is 55.3 Å². The summed E-state index contributed by atoms with van der Waals surface area (Å²) in [7, 11) is 4.28. The van der Waals surface area contributed by atoms with Crippen molar-refractivity contribution < 1.29 is 28.1 Å². The molecule has 0 atom stereocenters. The SMILES string of the molecule is COc1c(Oc2ccc(CCN)cc2)cc(C(=O)Nc2cc(C)ccc2F)c(OC)c1OC. The number of carbonyl (C=O) groups is 1. The third-order valence-corrected chi connectivity index (χ3v) is 4.97. The average molecular weight is 454 g/mol. The standard InChI is InChI=1S/C25H27FN2O5/c1-15-5-10-19(26)20(13-15)28-25(29)18-14-21(23(31-3)24(32-4)22(18)30-2)33-17-8-6-16(7-9-17)11-12-27/h5-10,13-14H,11-12,27H2,1-4H3,(H,28,29). The lowest BCUT2D eigenvalue weighted by molar-refractivity contribution is 0.102. The van der Waals surface area contributed by atoms with Crippen molar-refractivity contribution in [3.8, 4) is 28.7 Å². The molecule has 0 bridgehead atoms. The zero-order chi connectivity index (χ0) is 24.0. The van der Waals surface area contributed by atoms with Gasteiger partial charge in [-0.2, -0.15) is 0 Å². The van der Waals surface area contributed by atoms with Crippen LogP contribution in [-0.2, 0) is 6.42 Å². The highest BCUT2D eigenvalue weighted by Gasteiger charge is 2.26. The smallest absolute Gasteiger partial charge is 0.259 e. The molecule has 33 heavy (non-hydrogen) atoms. The number of benzene rings is 3. The lowest BCUT2D eigenvalue weighted by Crippen LogP contribution is -2.15.